The third-order valence-corrected chi connectivity index (χ3v) is 4.12. The third kappa shape index (κ3) is 3.25. The van der Waals surface area contributed by atoms with Crippen molar-refractivity contribution < 1.29 is 9.84 Å². The molecule has 0 aliphatic carbocycles. The summed E-state index contributed by atoms with van der Waals surface area (Å²) >= 11 is 0. The normalized spacial score (nSPS) is 20.8. The molecule has 1 aromatic rings. The molecule has 2 atom stereocenters. The van der Waals surface area contributed by atoms with Crippen molar-refractivity contribution >= 4 is 5.69 Å². The van der Waals surface area contributed by atoms with Gasteiger partial charge >= 0.3 is 0 Å². The van der Waals surface area contributed by atoms with Crippen LogP contribution < -0.4 is 15.4 Å². The summed E-state index contributed by atoms with van der Waals surface area (Å²) in [5, 5.41) is 9.14. The summed E-state index contributed by atoms with van der Waals surface area (Å²) in [5.74, 6) is 1.43. The van der Waals surface area contributed by atoms with Crippen LogP contribution in [0.15, 0.2) is 18.2 Å². The Labute approximate surface area is 121 Å². The molecule has 1 aliphatic rings. The molecule has 0 radical (unpaired) electrons. The van der Waals surface area contributed by atoms with Gasteiger partial charge < -0.3 is 20.5 Å². The predicted octanol–water partition coefficient (Wildman–Crippen LogP) is 2.31. The van der Waals surface area contributed by atoms with Gasteiger partial charge in [-0.05, 0) is 44.2 Å². The number of hydrogen-bond acceptors (Lipinski definition) is 4. The first-order valence-corrected chi connectivity index (χ1v) is 7.45. The average molecular weight is 278 g/mol. The maximum atomic E-state index is 9.14. The van der Waals surface area contributed by atoms with E-state index >= 15 is 0 Å². The molecule has 112 valence electrons. The highest BCUT2D eigenvalue weighted by molar-refractivity contribution is 5.61. The number of nitrogens with zero attached hydrogens (tertiary/aromatic N) is 1. The minimum Gasteiger partial charge on any atom is -0.496 e. The van der Waals surface area contributed by atoms with Crippen LogP contribution in [0.1, 0.15) is 37.8 Å². The number of nitrogens with two attached hydrogens (primary N) is 1. The number of piperidine rings is 1. The van der Waals surface area contributed by atoms with Gasteiger partial charge in [0.2, 0.25) is 0 Å². The van der Waals surface area contributed by atoms with Crippen molar-refractivity contribution in [1.82, 2.24) is 0 Å². The second kappa shape index (κ2) is 6.95. The van der Waals surface area contributed by atoms with Crippen LogP contribution in [0.4, 0.5) is 5.69 Å². The highest BCUT2D eigenvalue weighted by Gasteiger charge is 2.23. The smallest absolute Gasteiger partial charge is 0.125 e. The van der Waals surface area contributed by atoms with E-state index in [1.165, 1.54) is 18.5 Å². The lowest BCUT2D eigenvalue weighted by atomic mass is 9.93. The number of hydrogen-bond donors (Lipinski definition) is 2. The van der Waals surface area contributed by atoms with Gasteiger partial charge in [-0.1, -0.05) is 6.07 Å². The van der Waals surface area contributed by atoms with Crippen molar-refractivity contribution in [1.29, 1.82) is 0 Å². The second-order valence-corrected chi connectivity index (χ2v) is 5.65. The van der Waals surface area contributed by atoms with Crippen molar-refractivity contribution in [2.75, 3.05) is 31.7 Å². The number of ether oxygens (including phenoxy) is 1. The Balaban J connectivity index is 2.27. The largest absolute Gasteiger partial charge is 0.496 e. The number of rotatable bonds is 5. The molecule has 1 fully saturated rings. The maximum absolute atomic E-state index is 9.14. The quantitative estimate of drug-likeness (QED) is 0.868. The number of aliphatic hydroxyl groups is 1. The number of aliphatic hydroxyl groups excluding tert-OH is 1. The van der Waals surface area contributed by atoms with Gasteiger partial charge in [0.15, 0.2) is 0 Å². The zero-order valence-electron chi connectivity index (χ0n) is 12.5. The molecule has 1 saturated heterocycles. The van der Waals surface area contributed by atoms with Crippen LogP contribution in [0.2, 0.25) is 0 Å². The van der Waals surface area contributed by atoms with Crippen molar-refractivity contribution in [2.45, 2.75) is 32.2 Å². The molecule has 0 amide bonds. The fraction of sp³-hybridized carbons (Fsp3) is 0.625. The Morgan fingerprint density at radius 1 is 1.50 bits per heavy atom. The molecule has 4 nitrogen and oxygen atoms in total. The van der Waals surface area contributed by atoms with Gasteiger partial charge in [-0.3, -0.25) is 0 Å². The van der Waals surface area contributed by atoms with Crippen molar-refractivity contribution in [3.05, 3.63) is 23.8 Å². The lowest BCUT2D eigenvalue weighted by molar-refractivity contribution is 0.244. The van der Waals surface area contributed by atoms with Gasteiger partial charge in [0.1, 0.15) is 5.75 Å². The van der Waals surface area contributed by atoms with E-state index in [1.807, 2.05) is 19.1 Å². The molecule has 4 heteroatoms. The van der Waals surface area contributed by atoms with E-state index in [1.54, 1.807) is 7.11 Å². The van der Waals surface area contributed by atoms with Gasteiger partial charge in [0.05, 0.1) is 7.11 Å². The lowest BCUT2D eigenvalue weighted by Gasteiger charge is -2.36. The van der Waals surface area contributed by atoms with Crippen LogP contribution in [0, 0.1) is 5.92 Å². The first-order chi connectivity index (χ1) is 9.67. The van der Waals surface area contributed by atoms with Crippen LogP contribution in [-0.2, 0) is 0 Å². The van der Waals surface area contributed by atoms with Gasteiger partial charge in [-0.25, -0.2) is 0 Å². The highest BCUT2D eigenvalue weighted by Crippen LogP contribution is 2.35. The zero-order chi connectivity index (χ0) is 14.5. The van der Waals surface area contributed by atoms with Crippen molar-refractivity contribution in [2.24, 2.45) is 11.7 Å². The second-order valence-electron chi connectivity index (χ2n) is 5.65. The highest BCUT2D eigenvalue weighted by atomic mass is 16.5. The molecule has 1 heterocycles. The third-order valence-electron chi connectivity index (χ3n) is 4.12. The van der Waals surface area contributed by atoms with Crippen LogP contribution in [0.3, 0.4) is 0 Å². The summed E-state index contributed by atoms with van der Waals surface area (Å²) in [5.41, 5.74) is 8.41. The van der Waals surface area contributed by atoms with Gasteiger partial charge in [-0.2, -0.15) is 0 Å². The van der Waals surface area contributed by atoms with E-state index < -0.39 is 0 Å². The molecule has 2 unspecified atom stereocenters. The minimum atomic E-state index is -0.0561. The molecule has 1 aliphatic heterocycles. The van der Waals surface area contributed by atoms with Crippen LogP contribution in [0.25, 0.3) is 0 Å². The fourth-order valence-corrected chi connectivity index (χ4v) is 3.15. The van der Waals surface area contributed by atoms with Gasteiger partial charge in [0.25, 0.3) is 0 Å². The number of methoxy groups -OCH3 is 1. The Kier molecular flexibility index (Phi) is 5.26. The predicted molar refractivity (Wildman–Crippen MR) is 82.2 cm³/mol. The summed E-state index contributed by atoms with van der Waals surface area (Å²) in [6.45, 7) is 4.32. The molecular formula is C16H26N2O2. The Hall–Kier alpha value is -1.26. The molecule has 0 spiro atoms. The van der Waals surface area contributed by atoms with Crippen molar-refractivity contribution in [3.63, 3.8) is 0 Å². The molecule has 20 heavy (non-hydrogen) atoms. The Bertz CT molecular complexity index is 432. The standard InChI is InChI=1S/C16H26N2O2/c1-12(17)16-14(6-3-7-15(16)20-2)18-9-4-5-13(11-18)8-10-19/h3,6-7,12-13,19H,4-5,8-11,17H2,1-2H3. The zero-order valence-corrected chi connectivity index (χ0v) is 12.5. The first-order valence-electron chi connectivity index (χ1n) is 7.45. The summed E-state index contributed by atoms with van der Waals surface area (Å²) in [7, 11) is 1.69. The Morgan fingerprint density at radius 3 is 2.95 bits per heavy atom. The van der Waals surface area contributed by atoms with Gasteiger partial charge in [0, 0.05) is 37.0 Å². The van der Waals surface area contributed by atoms with Crippen molar-refractivity contribution in [3.8, 4) is 5.75 Å². The monoisotopic (exact) mass is 278 g/mol. The fourth-order valence-electron chi connectivity index (χ4n) is 3.15. The van der Waals surface area contributed by atoms with E-state index in [2.05, 4.69) is 11.0 Å². The Morgan fingerprint density at radius 2 is 2.30 bits per heavy atom. The van der Waals surface area contributed by atoms with Crippen LogP contribution >= 0.6 is 0 Å². The van der Waals surface area contributed by atoms with Crippen LogP contribution in [0.5, 0.6) is 5.75 Å². The van der Waals surface area contributed by atoms with E-state index in [0.29, 0.717) is 5.92 Å². The lowest BCUT2D eigenvalue weighted by Crippen LogP contribution is -2.36. The average Bonchev–Trinajstić information content (AvgIpc) is 2.47. The molecular weight excluding hydrogens is 252 g/mol. The van der Waals surface area contributed by atoms with E-state index in [4.69, 9.17) is 15.6 Å². The topological polar surface area (TPSA) is 58.7 Å². The molecule has 0 aromatic heterocycles. The maximum Gasteiger partial charge on any atom is 0.125 e. The number of anilines is 1. The summed E-state index contributed by atoms with van der Waals surface area (Å²) in [6, 6.07) is 6.06. The van der Waals surface area contributed by atoms with E-state index in [9.17, 15) is 0 Å². The minimum absolute atomic E-state index is 0.0561. The molecule has 0 bridgehead atoms. The molecule has 2 rings (SSSR count). The van der Waals surface area contributed by atoms with E-state index in [-0.39, 0.29) is 12.6 Å². The molecule has 3 N–H and O–H groups in total. The summed E-state index contributed by atoms with van der Waals surface area (Å²) in [6.07, 6.45) is 3.25. The first kappa shape index (κ1) is 15.1. The SMILES string of the molecule is COc1cccc(N2CCCC(CCO)C2)c1C(C)N. The van der Waals surface area contributed by atoms with Gasteiger partial charge in [-0.15, -0.1) is 0 Å². The summed E-state index contributed by atoms with van der Waals surface area (Å²) < 4.78 is 5.47. The molecule has 1 aromatic carbocycles. The van der Waals surface area contributed by atoms with E-state index in [0.717, 1.165) is 30.8 Å². The summed E-state index contributed by atoms with van der Waals surface area (Å²) in [4.78, 5) is 2.39. The molecule has 0 saturated carbocycles. The van der Waals surface area contributed by atoms with Crippen LogP contribution in [-0.4, -0.2) is 31.9 Å². The number of benzene rings is 1.